The molecular weight excluding hydrogens is 400 g/mol. The highest BCUT2D eigenvalue weighted by Crippen LogP contribution is 2.28. The number of aryl methyl sites for hydroxylation is 1. The number of nitrogens with zero attached hydrogens (tertiary/aromatic N) is 2. The Morgan fingerprint density at radius 1 is 1.09 bits per heavy atom. The number of amides is 2. The molecule has 0 bridgehead atoms. The van der Waals surface area contributed by atoms with E-state index in [-0.39, 0.29) is 17.9 Å². The minimum absolute atomic E-state index is 0.0952. The number of carbonyl (C=O) groups excluding carboxylic acids is 2. The van der Waals surface area contributed by atoms with E-state index in [1.807, 2.05) is 48.9 Å². The molecule has 0 fully saturated rings. The van der Waals surface area contributed by atoms with Gasteiger partial charge < -0.3 is 10.6 Å². The molecule has 1 aliphatic rings. The lowest BCUT2D eigenvalue weighted by Crippen LogP contribution is -2.32. The van der Waals surface area contributed by atoms with Crippen LogP contribution in [0, 0.1) is 6.92 Å². The Kier molecular flexibility index (Phi) is 6.40. The Bertz CT molecular complexity index is 1130. The van der Waals surface area contributed by atoms with Gasteiger partial charge >= 0.3 is 0 Å². The lowest BCUT2D eigenvalue weighted by atomic mass is 10.1. The molecular formula is C26H30N4O2. The minimum Gasteiger partial charge on any atom is -0.350 e. The Hall–Kier alpha value is -3.41. The predicted octanol–water partition coefficient (Wildman–Crippen LogP) is 4.13. The molecule has 6 nitrogen and oxygen atoms in total. The molecule has 2 N–H and O–H groups in total. The van der Waals surface area contributed by atoms with E-state index in [1.54, 1.807) is 6.07 Å². The molecule has 32 heavy (non-hydrogen) atoms. The van der Waals surface area contributed by atoms with Gasteiger partial charge in [0.2, 0.25) is 0 Å². The Labute approximate surface area is 189 Å². The molecule has 2 amide bonds. The van der Waals surface area contributed by atoms with Gasteiger partial charge in [-0.05, 0) is 69.4 Å². The Balaban J connectivity index is 1.49. The summed E-state index contributed by atoms with van der Waals surface area (Å²) in [6.45, 7) is 6.42. The van der Waals surface area contributed by atoms with Crippen molar-refractivity contribution in [2.75, 3.05) is 0 Å². The topological polar surface area (TPSA) is 76.0 Å². The number of aromatic nitrogens is 2. The molecule has 1 aromatic heterocycles. The van der Waals surface area contributed by atoms with E-state index in [0.29, 0.717) is 17.8 Å². The van der Waals surface area contributed by atoms with Crippen LogP contribution in [0.4, 0.5) is 0 Å². The van der Waals surface area contributed by atoms with Gasteiger partial charge in [0.05, 0.1) is 5.69 Å². The smallest absolute Gasteiger partial charge is 0.272 e. The van der Waals surface area contributed by atoms with Gasteiger partial charge in [0.1, 0.15) is 0 Å². The number of hydrogen-bond acceptors (Lipinski definition) is 3. The summed E-state index contributed by atoms with van der Waals surface area (Å²) in [7, 11) is 0. The second-order valence-electron chi connectivity index (χ2n) is 8.54. The molecule has 0 saturated heterocycles. The molecule has 0 radical (unpaired) electrons. The molecule has 0 spiro atoms. The van der Waals surface area contributed by atoms with Crippen LogP contribution in [0.1, 0.15) is 69.9 Å². The fourth-order valence-electron chi connectivity index (χ4n) is 4.02. The molecule has 1 aliphatic carbocycles. The van der Waals surface area contributed by atoms with Crippen molar-refractivity contribution in [2.45, 2.75) is 59.0 Å². The van der Waals surface area contributed by atoms with E-state index in [0.717, 1.165) is 48.2 Å². The third-order valence-electron chi connectivity index (χ3n) is 6.06. The highest BCUT2D eigenvalue weighted by atomic mass is 16.2. The molecule has 0 saturated carbocycles. The van der Waals surface area contributed by atoms with E-state index < -0.39 is 0 Å². The first-order chi connectivity index (χ1) is 15.5. The molecule has 0 aliphatic heterocycles. The number of nitrogens with one attached hydrogen (secondary N) is 2. The monoisotopic (exact) mass is 430 g/mol. The largest absolute Gasteiger partial charge is 0.350 e. The average Bonchev–Trinajstić information content (AvgIpc) is 3.41. The second-order valence-corrected chi connectivity index (χ2v) is 8.54. The fraction of sp³-hybridized carbons (Fsp3) is 0.346. The molecule has 1 atom stereocenters. The number of rotatable bonds is 7. The Morgan fingerprint density at radius 2 is 1.88 bits per heavy atom. The molecule has 4 rings (SSSR count). The number of hydrogen-bond donors (Lipinski definition) is 2. The van der Waals surface area contributed by atoms with Gasteiger partial charge in [-0.3, -0.25) is 9.59 Å². The molecule has 3 aromatic rings. The highest BCUT2D eigenvalue weighted by Gasteiger charge is 2.26. The summed E-state index contributed by atoms with van der Waals surface area (Å²) >= 11 is 0. The van der Waals surface area contributed by atoms with Crippen LogP contribution in [0.25, 0.3) is 5.69 Å². The standard InChI is InChI=1S/C26H30N4O2/c1-4-18(3)28-25(31)20-8-5-7-19(15-20)16-27-26(32)24-22-9-6-10-23(22)30(29-24)21-13-11-17(2)12-14-21/h5,7-8,11-15,18H,4,6,9-10,16H2,1-3H3,(H,27,32)(H,28,31). The van der Waals surface area contributed by atoms with Crippen LogP contribution >= 0.6 is 0 Å². The zero-order chi connectivity index (χ0) is 22.7. The third kappa shape index (κ3) is 4.59. The molecule has 1 unspecified atom stereocenters. The molecule has 166 valence electrons. The first-order valence-electron chi connectivity index (χ1n) is 11.3. The van der Waals surface area contributed by atoms with Crippen molar-refractivity contribution < 1.29 is 9.59 Å². The van der Waals surface area contributed by atoms with E-state index in [2.05, 4.69) is 34.8 Å². The van der Waals surface area contributed by atoms with Gasteiger partial charge in [-0.25, -0.2) is 4.68 Å². The lowest BCUT2D eigenvalue weighted by Gasteiger charge is -2.12. The predicted molar refractivity (Wildman–Crippen MR) is 125 cm³/mol. The third-order valence-corrected chi connectivity index (χ3v) is 6.06. The van der Waals surface area contributed by atoms with Crippen molar-refractivity contribution in [2.24, 2.45) is 0 Å². The van der Waals surface area contributed by atoms with Gasteiger partial charge in [-0.15, -0.1) is 0 Å². The van der Waals surface area contributed by atoms with Crippen molar-refractivity contribution in [1.29, 1.82) is 0 Å². The van der Waals surface area contributed by atoms with Crippen LogP contribution in [-0.4, -0.2) is 27.6 Å². The summed E-state index contributed by atoms with van der Waals surface area (Å²) < 4.78 is 1.91. The SMILES string of the molecule is CCC(C)NC(=O)c1cccc(CNC(=O)c2nn(-c3ccc(C)cc3)c3c2CCC3)c1. The summed E-state index contributed by atoms with van der Waals surface area (Å²) in [6.07, 6.45) is 3.71. The van der Waals surface area contributed by atoms with Crippen LogP contribution in [-0.2, 0) is 19.4 Å². The summed E-state index contributed by atoms with van der Waals surface area (Å²) in [5.41, 5.74) is 6.32. The summed E-state index contributed by atoms with van der Waals surface area (Å²) in [5.74, 6) is -0.273. The first-order valence-corrected chi connectivity index (χ1v) is 11.3. The normalized spacial score (nSPS) is 13.5. The van der Waals surface area contributed by atoms with E-state index >= 15 is 0 Å². The maximum Gasteiger partial charge on any atom is 0.272 e. The van der Waals surface area contributed by atoms with Crippen molar-refractivity contribution in [3.8, 4) is 5.69 Å². The second kappa shape index (κ2) is 9.39. The molecule has 1 heterocycles. The maximum absolute atomic E-state index is 13.0. The summed E-state index contributed by atoms with van der Waals surface area (Å²) in [6, 6.07) is 15.7. The van der Waals surface area contributed by atoms with E-state index in [1.165, 1.54) is 5.56 Å². The number of fused-ring (bicyclic) bond motifs is 1. The van der Waals surface area contributed by atoms with E-state index in [4.69, 9.17) is 0 Å². The minimum atomic E-state index is -0.177. The van der Waals surface area contributed by atoms with Gasteiger partial charge in [0.15, 0.2) is 5.69 Å². The van der Waals surface area contributed by atoms with E-state index in [9.17, 15) is 9.59 Å². The fourth-order valence-corrected chi connectivity index (χ4v) is 4.02. The summed E-state index contributed by atoms with van der Waals surface area (Å²) in [4.78, 5) is 25.4. The number of carbonyl (C=O) groups is 2. The zero-order valence-electron chi connectivity index (χ0n) is 18.9. The van der Waals surface area contributed by atoms with Gasteiger partial charge in [0, 0.05) is 29.4 Å². The lowest BCUT2D eigenvalue weighted by molar-refractivity contribution is 0.0935. The van der Waals surface area contributed by atoms with Gasteiger partial charge in [-0.2, -0.15) is 5.10 Å². The molecule has 6 heteroatoms. The van der Waals surface area contributed by atoms with Gasteiger partial charge in [-0.1, -0.05) is 36.8 Å². The van der Waals surface area contributed by atoms with Gasteiger partial charge in [0.25, 0.3) is 11.8 Å². The average molecular weight is 431 g/mol. The van der Waals surface area contributed by atoms with Crippen LogP contribution in [0.5, 0.6) is 0 Å². The maximum atomic E-state index is 13.0. The number of benzene rings is 2. The van der Waals surface area contributed by atoms with Crippen LogP contribution < -0.4 is 10.6 Å². The van der Waals surface area contributed by atoms with Crippen LogP contribution in [0.15, 0.2) is 48.5 Å². The van der Waals surface area contributed by atoms with Crippen molar-refractivity contribution in [3.63, 3.8) is 0 Å². The quantitative estimate of drug-likeness (QED) is 0.592. The van der Waals surface area contributed by atoms with Crippen molar-refractivity contribution in [1.82, 2.24) is 20.4 Å². The van der Waals surface area contributed by atoms with Crippen molar-refractivity contribution >= 4 is 11.8 Å². The van der Waals surface area contributed by atoms with Crippen molar-refractivity contribution in [3.05, 3.63) is 82.2 Å². The van der Waals surface area contributed by atoms with Crippen LogP contribution in [0.2, 0.25) is 0 Å². The first kappa shape index (κ1) is 21.8. The zero-order valence-corrected chi connectivity index (χ0v) is 18.9. The summed E-state index contributed by atoms with van der Waals surface area (Å²) in [5, 5.41) is 10.6. The van der Waals surface area contributed by atoms with Crippen LogP contribution in [0.3, 0.4) is 0 Å². The molecule has 2 aromatic carbocycles. The highest BCUT2D eigenvalue weighted by molar-refractivity contribution is 5.95. The Morgan fingerprint density at radius 3 is 2.62 bits per heavy atom.